The molecule has 1 aliphatic heterocycles. The number of carbonyl (C=O) groups is 3. The molecule has 0 unspecified atom stereocenters. The minimum Gasteiger partial charge on any atom is -0.497 e. The van der Waals surface area contributed by atoms with Gasteiger partial charge in [-0.05, 0) is 84.2 Å². The highest BCUT2D eigenvalue weighted by Crippen LogP contribution is 2.31. The molecule has 254 valence electrons. The lowest BCUT2D eigenvalue weighted by Gasteiger charge is -2.39. The number of rotatable bonds is 10. The molecule has 11 nitrogen and oxygen atoms in total. The second-order valence-electron chi connectivity index (χ2n) is 13.6. The first-order valence-electron chi connectivity index (χ1n) is 15.9. The van der Waals surface area contributed by atoms with Gasteiger partial charge in [-0.1, -0.05) is 30.3 Å². The molecule has 1 aromatic heterocycles. The molecule has 0 bridgehead atoms. The Morgan fingerprint density at radius 3 is 2.26 bits per heavy atom. The Bertz CT molecular complexity index is 1510. The Kier molecular flexibility index (Phi) is 11.7. The summed E-state index contributed by atoms with van der Waals surface area (Å²) in [4.78, 5) is 47.3. The Morgan fingerprint density at radius 1 is 0.936 bits per heavy atom. The third-order valence-electron chi connectivity index (χ3n) is 7.55. The van der Waals surface area contributed by atoms with Crippen LogP contribution < -0.4 is 4.74 Å². The fourth-order valence-corrected chi connectivity index (χ4v) is 5.38. The van der Waals surface area contributed by atoms with Gasteiger partial charge in [0.2, 0.25) is 0 Å². The molecule has 4 rings (SSSR count). The van der Waals surface area contributed by atoms with E-state index >= 15 is 0 Å². The first-order chi connectivity index (χ1) is 22.2. The molecule has 11 heteroatoms. The second kappa shape index (κ2) is 15.5. The largest absolute Gasteiger partial charge is 0.509 e. The molecule has 0 radical (unpaired) electrons. The van der Waals surface area contributed by atoms with Crippen LogP contribution in [-0.2, 0) is 30.3 Å². The number of aromatic nitrogens is 1. The van der Waals surface area contributed by atoms with Gasteiger partial charge in [-0.3, -0.25) is 19.6 Å². The van der Waals surface area contributed by atoms with E-state index in [1.807, 2.05) is 54.6 Å². The number of fused-ring (bicyclic) bond motifs is 1. The molecule has 47 heavy (non-hydrogen) atoms. The molecule has 0 spiro atoms. The fourth-order valence-electron chi connectivity index (χ4n) is 5.38. The van der Waals surface area contributed by atoms with E-state index in [0.29, 0.717) is 38.2 Å². The van der Waals surface area contributed by atoms with E-state index in [2.05, 4.69) is 9.88 Å². The molecule has 0 aliphatic carbocycles. The van der Waals surface area contributed by atoms with E-state index in [1.54, 1.807) is 54.8 Å². The van der Waals surface area contributed by atoms with Crippen LogP contribution in [0.3, 0.4) is 0 Å². The highest BCUT2D eigenvalue weighted by Gasteiger charge is 2.34. The van der Waals surface area contributed by atoms with E-state index in [-0.39, 0.29) is 19.2 Å². The van der Waals surface area contributed by atoms with E-state index in [0.717, 1.165) is 22.0 Å². The van der Waals surface area contributed by atoms with Crippen molar-refractivity contribution in [2.75, 3.05) is 33.3 Å². The van der Waals surface area contributed by atoms with E-state index < -0.39 is 35.5 Å². The van der Waals surface area contributed by atoms with E-state index in [9.17, 15) is 14.4 Å². The smallest absolute Gasteiger partial charge is 0.497 e. The van der Waals surface area contributed by atoms with E-state index in [1.165, 1.54) is 4.90 Å². The Hall–Kier alpha value is -4.38. The number of hydrogen-bond acceptors (Lipinski definition) is 10. The zero-order valence-corrected chi connectivity index (χ0v) is 28.5. The van der Waals surface area contributed by atoms with E-state index in [4.69, 9.17) is 23.7 Å². The lowest BCUT2D eigenvalue weighted by molar-refractivity contribution is -0.147. The number of nitrogens with zero attached hydrogens (tertiary/aromatic N) is 3. The molecule has 0 N–H and O–H groups in total. The van der Waals surface area contributed by atoms with Crippen molar-refractivity contribution in [3.05, 3.63) is 71.9 Å². The first-order valence-corrected chi connectivity index (χ1v) is 15.9. The number of esters is 1. The van der Waals surface area contributed by atoms with Crippen molar-refractivity contribution in [2.45, 2.75) is 84.3 Å². The van der Waals surface area contributed by atoms with Gasteiger partial charge in [0.05, 0.1) is 12.6 Å². The molecule has 2 heterocycles. The van der Waals surface area contributed by atoms with Crippen LogP contribution >= 0.6 is 0 Å². The molecule has 1 saturated heterocycles. The summed E-state index contributed by atoms with van der Waals surface area (Å²) in [7, 11) is 1.60. The number of likely N-dealkylation sites (tertiary alicyclic amines) is 1. The van der Waals surface area contributed by atoms with Gasteiger partial charge in [-0.25, -0.2) is 9.59 Å². The van der Waals surface area contributed by atoms with Gasteiger partial charge < -0.3 is 23.7 Å². The average Bonchev–Trinajstić information content (AvgIpc) is 3.01. The number of pyridine rings is 1. The summed E-state index contributed by atoms with van der Waals surface area (Å²) in [5.41, 5.74) is 0.926. The molecular formula is C36H47N3O8. The van der Waals surface area contributed by atoms with Gasteiger partial charge in [0, 0.05) is 42.8 Å². The summed E-state index contributed by atoms with van der Waals surface area (Å²) in [5, 5.41) is 0.806. The third-order valence-corrected chi connectivity index (χ3v) is 7.55. The highest BCUT2D eigenvalue weighted by molar-refractivity contribution is 5.84. The molecule has 1 amide bonds. The van der Waals surface area contributed by atoms with Crippen LogP contribution in [-0.4, -0.2) is 83.5 Å². The lowest BCUT2D eigenvalue weighted by Crippen LogP contribution is -2.51. The minimum atomic E-state index is -0.768. The van der Waals surface area contributed by atoms with Gasteiger partial charge in [-0.15, -0.1) is 0 Å². The number of carbonyl (C=O) groups excluding carboxylic acids is 3. The van der Waals surface area contributed by atoms with Gasteiger partial charge in [0.25, 0.3) is 0 Å². The molecule has 2 aromatic carbocycles. The van der Waals surface area contributed by atoms with Crippen molar-refractivity contribution in [2.24, 2.45) is 0 Å². The number of ether oxygens (including phenoxy) is 5. The standard InChI is InChI=1S/C36H47N3O8/c1-35(2,3)46-33(41)39(23-32(40)44-24-25-11-9-8-10-12-25)26-16-19-38(20-17-26)22-31(45-34(42)47-36(4,5)6)28-15-18-37-30-14-13-27(43-7)21-29(28)30/h8-15,18,21,26,31H,16-17,19-20,22-24H2,1-7H3/t31-/m0/s1. The van der Waals surface area contributed by atoms with Crippen molar-refractivity contribution in [3.63, 3.8) is 0 Å². The number of amides is 1. The summed E-state index contributed by atoms with van der Waals surface area (Å²) < 4.78 is 28.1. The summed E-state index contributed by atoms with van der Waals surface area (Å²) in [6.07, 6.45) is 0.849. The average molecular weight is 650 g/mol. The third kappa shape index (κ3) is 10.8. The number of hydrogen-bond donors (Lipinski definition) is 0. The van der Waals surface area contributed by atoms with Crippen molar-refractivity contribution >= 4 is 29.1 Å². The van der Waals surface area contributed by atoms with Gasteiger partial charge in [0.15, 0.2) is 0 Å². The molecular weight excluding hydrogens is 602 g/mol. The quantitative estimate of drug-likeness (QED) is 0.174. The summed E-state index contributed by atoms with van der Waals surface area (Å²) in [6, 6.07) is 16.6. The number of benzene rings is 2. The van der Waals surface area contributed by atoms with Crippen LogP contribution in [0.15, 0.2) is 60.8 Å². The van der Waals surface area contributed by atoms with Gasteiger partial charge in [-0.2, -0.15) is 0 Å². The maximum Gasteiger partial charge on any atom is 0.509 e. The van der Waals surface area contributed by atoms with Crippen LogP contribution in [0, 0.1) is 0 Å². The first kappa shape index (κ1) is 35.5. The molecule has 0 saturated carbocycles. The van der Waals surface area contributed by atoms with Crippen LogP contribution in [0.1, 0.15) is 71.6 Å². The van der Waals surface area contributed by atoms with Gasteiger partial charge in [0.1, 0.15) is 36.2 Å². The van der Waals surface area contributed by atoms with Crippen LogP contribution in [0.5, 0.6) is 5.75 Å². The molecule has 1 atom stereocenters. The number of piperidine rings is 1. The van der Waals surface area contributed by atoms with Crippen molar-refractivity contribution in [1.82, 2.24) is 14.8 Å². The molecule has 3 aromatic rings. The summed E-state index contributed by atoms with van der Waals surface area (Å²) in [5.74, 6) is 0.154. The zero-order valence-electron chi connectivity index (χ0n) is 28.5. The number of methoxy groups -OCH3 is 1. The topological polar surface area (TPSA) is 117 Å². The van der Waals surface area contributed by atoms with Crippen LogP contribution in [0.4, 0.5) is 9.59 Å². The van der Waals surface area contributed by atoms with Crippen LogP contribution in [0.25, 0.3) is 10.9 Å². The molecule has 1 aliphatic rings. The normalized spacial score (nSPS) is 15.0. The summed E-state index contributed by atoms with van der Waals surface area (Å²) in [6.45, 7) is 12.2. The lowest BCUT2D eigenvalue weighted by atomic mass is 10.00. The van der Waals surface area contributed by atoms with Gasteiger partial charge >= 0.3 is 18.2 Å². The van der Waals surface area contributed by atoms with Crippen molar-refractivity contribution in [1.29, 1.82) is 0 Å². The highest BCUT2D eigenvalue weighted by atomic mass is 16.7. The Balaban J connectivity index is 1.49. The predicted octanol–water partition coefficient (Wildman–Crippen LogP) is 6.68. The zero-order chi connectivity index (χ0) is 34.2. The fraction of sp³-hybridized carbons (Fsp3) is 0.500. The Morgan fingerprint density at radius 2 is 1.62 bits per heavy atom. The predicted molar refractivity (Wildman–Crippen MR) is 177 cm³/mol. The van der Waals surface area contributed by atoms with Crippen molar-refractivity contribution < 1.29 is 38.1 Å². The SMILES string of the molecule is COc1ccc2nccc([C@H](CN3CCC(N(CC(=O)OCc4ccccc4)C(=O)OC(C)(C)C)CC3)OC(=O)OC(C)(C)C)c2c1. The second-order valence-corrected chi connectivity index (χ2v) is 13.6. The van der Waals surface area contributed by atoms with Crippen LogP contribution in [0.2, 0.25) is 0 Å². The monoisotopic (exact) mass is 649 g/mol. The Labute approximate surface area is 277 Å². The maximum absolute atomic E-state index is 13.3. The summed E-state index contributed by atoms with van der Waals surface area (Å²) >= 11 is 0. The maximum atomic E-state index is 13.3. The molecule has 1 fully saturated rings. The van der Waals surface area contributed by atoms with Crippen molar-refractivity contribution in [3.8, 4) is 5.75 Å². The minimum absolute atomic E-state index is 0.120.